The average molecular weight is 327 g/mol. The summed E-state index contributed by atoms with van der Waals surface area (Å²) in [5.41, 5.74) is 1.24. The van der Waals surface area contributed by atoms with Gasteiger partial charge in [0.1, 0.15) is 0 Å². The van der Waals surface area contributed by atoms with E-state index in [1.165, 1.54) is 0 Å². The molecule has 0 aliphatic carbocycles. The monoisotopic (exact) mass is 326 g/mol. The molecule has 7 heteroatoms. The molecule has 2 aromatic rings. The third-order valence-corrected chi connectivity index (χ3v) is 5.89. The highest BCUT2D eigenvalue weighted by atomic mass is 35.5. The van der Waals surface area contributed by atoms with Crippen molar-refractivity contribution in [2.24, 2.45) is 0 Å². The van der Waals surface area contributed by atoms with Gasteiger partial charge in [0.25, 0.3) is 0 Å². The van der Waals surface area contributed by atoms with E-state index < -0.39 is 15.1 Å². The zero-order valence-corrected chi connectivity index (χ0v) is 12.8. The van der Waals surface area contributed by atoms with Crippen molar-refractivity contribution in [3.05, 3.63) is 47.2 Å². The molecule has 1 saturated heterocycles. The van der Waals surface area contributed by atoms with Crippen molar-refractivity contribution in [1.82, 2.24) is 9.78 Å². The molecule has 1 aromatic carbocycles. The Morgan fingerprint density at radius 3 is 2.86 bits per heavy atom. The third kappa shape index (κ3) is 3.12. The van der Waals surface area contributed by atoms with Crippen molar-refractivity contribution in [1.29, 1.82) is 0 Å². The van der Waals surface area contributed by atoms with Crippen LogP contribution in [0, 0.1) is 0 Å². The number of halogens is 1. The van der Waals surface area contributed by atoms with Crippen molar-refractivity contribution < 1.29 is 13.2 Å². The zero-order valence-electron chi connectivity index (χ0n) is 11.3. The number of rotatable bonds is 4. The molecule has 1 unspecified atom stereocenters. The Morgan fingerprint density at radius 1 is 1.33 bits per heavy atom. The van der Waals surface area contributed by atoms with E-state index in [4.69, 9.17) is 16.3 Å². The Bertz CT molecular complexity index is 736. The van der Waals surface area contributed by atoms with Gasteiger partial charge in [0.2, 0.25) is 0 Å². The molecule has 1 aliphatic heterocycles. The Balaban J connectivity index is 1.81. The average Bonchev–Trinajstić information content (AvgIpc) is 3.10. The maximum atomic E-state index is 12.3. The number of aromatic nitrogens is 2. The van der Waals surface area contributed by atoms with Gasteiger partial charge in [-0.05, 0) is 24.6 Å². The third-order valence-electron chi connectivity index (χ3n) is 3.49. The van der Waals surface area contributed by atoms with Gasteiger partial charge >= 0.3 is 0 Å². The van der Waals surface area contributed by atoms with Gasteiger partial charge in [0.15, 0.2) is 9.84 Å². The highest BCUT2D eigenvalue weighted by Crippen LogP contribution is 2.21. The van der Waals surface area contributed by atoms with Gasteiger partial charge in [-0.15, -0.1) is 0 Å². The van der Waals surface area contributed by atoms with Crippen LogP contribution in [0.5, 0.6) is 0 Å². The van der Waals surface area contributed by atoms with Crippen LogP contribution in [0.15, 0.2) is 36.5 Å². The van der Waals surface area contributed by atoms with Crippen LogP contribution in [0.1, 0.15) is 12.1 Å². The number of ether oxygens (including phenoxy) is 1. The predicted octanol–water partition coefficient (Wildman–Crippen LogP) is 2.23. The lowest BCUT2D eigenvalue weighted by Crippen LogP contribution is -2.23. The molecule has 1 atom stereocenters. The topological polar surface area (TPSA) is 61.2 Å². The maximum absolute atomic E-state index is 12.3. The van der Waals surface area contributed by atoms with E-state index in [-0.39, 0.29) is 12.4 Å². The number of sulfone groups is 1. The molecule has 0 bridgehead atoms. The summed E-state index contributed by atoms with van der Waals surface area (Å²) in [5, 5.41) is 4.46. The SMILES string of the molecule is O=S(=O)(Cc1ccn(-c2ccccc2Cl)n1)C1CCOC1. The van der Waals surface area contributed by atoms with Crippen LogP contribution >= 0.6 is 11.6 Å². The number of hydrogen-bond donors (Lipinski definition) is 0. The molecule has 1 aliphatic rings. The molecule has 0 N–H and O–H groups in total. The summed E-state index contributed by atoms with van der Waals surface area (Å²) in [4.78, 5) is 0. The van der Waals surface area contributed by atoms with Crippen molar-refractivity contribution in [2.45, 2.75) is 17.4 Å². The number of nitrogens with zero attached hydrogens (tertiary/aromatic N) is 2. The molecule has 0 saturated carbocycles. The quantitative estimate of drug-likeness (QED) is 0.864. The van der Waals surface area contributed by atoms with E-state index in [2.05, 4.69) is 5.10 Å². The molecule has 0 radical (unpaired) electrons. The molecule has 21 heavy (non-hydrogen) atoms. The summed E-state index contributed by atoms with van der Waals surface area (Å²) >= 11 is 6.11. The highest BCUT2D eigenvalue weighted by molar-refractivity contribution is 7.91. The molecule has 3 rings (SSSR count). The van der Waals surface area contributed by atoms with E-state index in [0.29, 0.717) is 23.7 Å². The summed E-state index contributed by atoms with van der Waals surface area (Å²) in [6, 6.07) is 9.00. The first-order valence-electron chi connectivity index (χ1n) is 6.65. The lowest BCUT2D eigenvalue weighted by atomic mass is 10.3. The summed E-state index contributed by atoms with van der Waals surface area (Å²) in [6.45, 7) is 0.797. The zero-order chi connectivity index (χ0) is 14.9. The van der Waals surface area contributed by atoms with E-state index in [9.17, 15) is 8.42 Å². The van der Waals surface area contributed by atoms with Crippen LogP contribution in [0.2, 0.25) is 5.02 Å². The second-order valence-electron chi connectivity index (χ2n) is 5.00. The Labute approximate surface area is 128 Å². The van der Waals surface area contributed by atoms with Crippen LogP contribution in [0.25, 0.3) is 5.69 Å². The van der Waals surface area contributed by atoms with Gasteiger partial charge < -0.3 is 4.74 Å². The van der Waals surface area contributed by atoms with Crippen molar-refractivity contribution in [3.8, 4) is 5.69 Å². The van der Waals surface area contributed by atoms with E-state index in [1.807, 2.05) is 18.2 Å². The van der Waals surface area contributed by atoms with Gasteiger partial charge in [-0.1, -0.05) is 23.7 Å². The second kappa shape index (κ2) is 5.79. The fourth-order valence-corrected chi connectivity index (χ4v) is 4.11. The molecule has 112 valence electrons. The fourth-order valence-electron chi connectivity index (χ4n) is 2.33. The van der Waals surface area contributed by atoms with Gasteiger partial charge in [0.05, 0.1) is 34.0 Å². The van der Waals surface area contributed by atoms with Crippen LogP contribution in [-0.2, 0) is 20.3 Å². The fraction of sp³-hybridized carbons (Fsp3) is 0.357. The second-order valence-corrected chi connectivity index (χ2v) is 7.68. The van der Waals surface area contributed by atoms with Gasteiger partial charge in [0, 0.05) is 12.8 Å². The number of hydrogen-bond acceptors (Lipinski definition) is 4. The molecule has 2 heterocycles. The molecule has 5 nitrogen and oxygen atoms in total. The highest BCUT2D eigenvalue weighted by Gasteiger charge is 2.30. The first-order chi connectivity index (χ1) is 10.1. The minimum Gasteiger partial charge on any atom is -0.380 e. The first-order valence-corrected chi connectivity index (χ1v) is 8.74. The number of benzene rings is 1. The minimum atomic E-state index is -3.23. The van der Waals surface area contributed by atoms with E-state index in [0.717, 1.165) is 5.69 Å². The summed E-state index contributed by atoms with van der Waals surface area (Å²) in [7, 11) is -3.23. The minimum absolute atomic E-state index is 0.0710. The number of para-hydroxylation sites is 1. The van der Waals surface area contributed by atoms with Crippen molar-refractivity contribution in [3.63, 3.8) is 0 Å². The van der Waals surface area contributed by atoms with Gasteiger partial charge in [-0.3, -0.25) is 0 Å². The normalized spacial score (nSPS) is 19.0. The van der Waals surface area contributed by atoms with Crippen LogP contribution in [-0.4, -0.2) is 36.7 Å². The predicted molar refractivity (Wildman–Crippen MR) is 80.4 cm³/mol. The summed E-state index contributed by atoms with van der Waals surface area (Å²) < 4.78 is 31.3. The smallest absolute Gasteiger partial charge is 0.161 e. The Hall–Kier alpha value is -1.37. The van der Waals surface area contributed by atoms with E-state index >= 15 is 0 Å². The van der Waals surface area contributed by atoms with Crippen LogP contribution < -0.4 is 0 Å². The molecular formula is C14H15ClN2O3S. The van der Waals surface area contributed by atoms with Crippen LogP contribution in [0.4, 0.5) is 0 Å². The van der Waals surface area contributed by atoms with E-state index in [1.54, 1.807) is 23.0 Å². The molecule has 1 aromatic heterocycles. The van der Waals surface area contributed by atoms with Gasteiger partial charge in [-0.25, -0.2) is 13.1 Å². The Morgan fingerprint density at radius 2 is 2.14 bits per heavy atom. The van der Waals surface area contributed by atoms with Crippen LogP contribution in [0.3, 0.4) is 0 Å². The molecular weight excluding hydrogens is 312 g/mol. The molecule has 0 amide bonds. The largest absolute Gasteiger partial charge is 0.380 e. The lowest BCUT2D eigenvalue weighted by Gasteiger charge is -2.08. The lowest BCUT2D eigenvalue weighted by molar-refractivity contribution is 0.198. The standard InChI is InChI=1S/C14H15ClN2O3S/c15-13-3-1-2-4-14(13)17-7-5-11(16-17)10-21(18,19)12-6-8-20-9-12/h1-5,7,12H,6,8-10H2. The summed E-state index contributed by atoms with van der Waals surface area (Å²) in [6.07, 6.45) is 2.28. The Kier molecular flexibility index (Phi) is 4.01. The van der Waals surface area contributed by atoms with Crippen molar-refractivity contribution >= 4 is 21.4 Å². The maximum Gasteiger partial charge on any atom is 0.161 e. The van der Waals surface area contributed by atoms with Crippen molar-refractivity contribution in [2.75, 3.05) is 13.2 Å². The molecule has 0 spiro atoms. The first kappa shape index (κ1) is 14.6. The van der Waals surface area contributed by atoms with Gasteiger partial charge in [-0.2, -0.15) is 5.10 Å². The molecule has 1 fully saturated rings. The summed E-state index contributed by atoms with van der Waals surface area (Å²) in [5.74, 6) is -0.0710.